The minimum atomic E-state index is -0.807. The summed E-state index contributed by atoms with van der Waals surface area (Å²) in [5.41, 5.74) is 1.00. The molecule has 1 N–H and O–H groups in total. The van der Waals surface area contributed by atoms with Crippen LogP contribution in [0.2, 0.25) is 0 Å². The van der Waals surface area contributed by atoms with E-state index in [4.69, 9.17) is 5.11 Å². The maximum Gasteiger partial charge on any atom is 0.317 e. The SMILES string of the molecule is CN(CC(=O)O)[C@@H]1CCCN(C(=O)Cc2ccccc2Br)CC1. The maximum atomic E-state index is 12.5. The summed E-state index contributed by atoms with van der Waals surface area (Å²) in [6, 6.07) is 8.01. The van der Waals surface area contributed by atoms with E-state index in [-0.39, 0.29) is 18.5 Å². The van der Waals surface area contributed by atoms with Gasteiger partial charge in [0, 0.05) is 23.6 Å². The molecule has 0 unspecified atom stereocenters. The van der Waals surface area contributed by atoms with Crippen LogP contribution in [0.25, 0.3) is 0 Å². The van der Waals surface area contributed by atoms with E-state index in [2.05, 4.69) is 15.9 Å². The Kier molecular flexibility index (Phi) is 6.59. The van der Waals surface area contributed by atoms with Gasteiger partial charge in [-0.3, -0.25) is 14.5 Å². The highest BCUT2D eigenvalue weighted by Crippen LogP contribution is 2.19. The van der Waals surface area contributed by atoms with Gasteiger partial charge >= 0.3 is 5.97 Å². The van der Waals surface area contributed by atoms with Gasteiger partial charge in [0.1, 0.15) is 0 Å². The molecule has 0 spiro atoms. The Bertz CT molecular complexity index is 565. The standard InChI is InChI=1S/C17H23BrN2O3/c1-19(12-17(22)23)14-6-4-9-20(10-8-14)16(21)11-13-5-2-3-7-15(13)18/h2-3,5,7,14H,4,6,8-12H2,1H3,(H,22,23)/t14-/m1/s1. The maximum absolute atomic E-state index is 12.5. The van der Waals surface area contributed by atoms with Crippen molar-refractivity contribution in [3.8, 4) is 0 Å². The number of hydrogen-bond acceptors (Lipinski definition) is 3. The second-order valence-corrected chi connectivity index (χ2v) is 6.90. The fraction of sp³-hybridized carbons (Fsp3) is 0.529. The Balaban J connectivity index is 1.91. The van der Waals surface area contributed by atoms with Gasteiger partial charge in [0.2, 0.25) is 5.91 Å². The monoisotopic (exact) mass is 382 g/mol. The lowest BCUT2D eigenvalue weighted by Crippen LogP contribution is -2.37. The van der Waals surface area contributed by atoms with Crippen molar-refractivity contribution < 1.29 is 14.7 Å². The summed E-state index contributed by atoms with van der Waals surface area (Å²) in [4.78, 5) is 27.1. The molecule has 6 heteroatoms. The molecule has 1 aromatic carbocycles. The van der Waals surface area contributed by atoms with Crippen LogP contribution in [-0.4, -0.2) is 59.5 Å². The van der Waals surface area contributed by atoms with E-state index in [1.54, 1.807) is 0 Å². The molecule has 1 amide bonds. The van der Waals surface area contributed by atoms with Gasteiger partial charge in [-0.1, -0.05) is 34.1 Å². The molecule has 1 fully saturated rings. The zero-order valence-corrected chi connectivity index (χ0v) is 15.0. The lowest BCUT2D eigenvalue weighted by molar-refractivity contribution is -0.138. The number of carboxylic acids is 1. The summed E-state index contributed by atoms with van der Waals surface area (Å²) in [6.45, 7) is 1.49. The molecule has 5 nitrogen and oxygen atoms in total. The number of amides is 1. The van der Waals surface area contributed by atoms with E-state index >= 15 is 0 Å². The smallest absolute Gasteiger partial charge is 0.317 e. The van der Waals surface area contributed by atoms with Gasteiger partial charge in [0.05, 0.1) is 13.0 Å². The van der Waals surface area contributed by atoms with Crippen LogP contribution in [0.1, 0.15) is 24.8 Å². The molecule has 2 rings (SSSR count). The number of carbonyl (C=O) groups excluding carboxylic acids is 1. The minimum Gasteiger partial charge on any atom is -0.480 e. The fourth-order valence-corrected chi connectivity index (χ4v) is 3.45. The first-order valence-corrected chi connectivity index (χ1v) is 8.70. The molecule has 0 aromatic heterocycles. The Morgan fingerprint density at radius 2 is 2.04 bits per heavy atom. The molecule has 0 radical (unpaired) electrons. The average molecular weight is 383 g/mol. The average Bonchev–Trinajstić information content (AvgIpc) is 2.75. The highest BCUT2D eigenvalue weighted by Gasteiger charge is 2.24. The third-order valence-corrected chi connectivity index (χ3v) is 5.13. The van der Waals surface area contributed by atoms with Crippen molar-refractivity contribution in [2.75, 3.05) is 26.7 Å². The molecule has 0 aliphatic carbocycles. The Labute approximate surface area is 145 Å². The lowest BCUT2D eigenvalue weighted by atomic mass is 10.1. The topological polar surface area (TPSA) is 60.9 Å². The molecule has 0 bridgehead atoms. The second kappa shape index (κ2) is 8.45. The first kappa shape index (κ1) is 17.9. The summed E-state index contributed by atoms with van der Waals surface area (Å²) in [6.07, 6.45) is 3.07. The number of aliphatic carboxylic acids is 1. The largest absolute Gasteiger partial charge is 0.480 e. The van der Waals surface area contributed by atoms with Crippen molar-refractivity contribution in [1.82, 2.24) is 9.80 Å². The molecule has 1 aliphatic rings. The van der Waals surface area contributed by atoms with Crippen molar-refractivity contribution in [2.24, 2.45) is 0 Å². The molecule has 1 saturated heterocycles. The number of carbonyl (C=O) groups is 2. The van der Waals surface area contributed by atoms with Gasteiger partial charge < -0.3 is 10.0 Å². The van der Waals surface area contributed by atoms with Crippen LogP contribution in [0.4, 0.5) is 0 Å². The molecule has 1 aliphatic heterocycles. The molecule has 1 aromatic rings. The zero-order chi connectivity index (χ0) is 16.8. The summed E-state index contributed by atoms with van der Waals surface area (Å²) in [5.74, 6) is -0.669. The van der Waals surface area contributed by atoms with E-state index < -0.39 is 5.97 Å². The number of likely N-dealkylation sites (N-methyl/N-ethyl adjacent to an activating group) is 1. The third kappa shape index (κ3) is 5.32. The molecule has 1 atom stereocenters. The van der Waals surface area contributed by atoms with E-state index in [0.29, 0.717) is 13.0 Å². The fourth-order valence-electron chi connectivity index (χ4n) is 3.03. The summed E-state index contributed by atoms with van der Waals surface area (Å²) >= 11 is 3.48. The molecule has 1 heterocycles. The Hall–Kier alpha value is -1.40. The van der Waals surface area contributed by atoms with Gasteiger partial charge in [0.15, 0.2) is 0 Å². The normalized spacial score (nSPS) is 18.7. The molecular formula is C17H23BrN2O3. The highest BCUT2D eigenvalue weighted by atomic mass is 79.9. The summed E-state index contributed by atoms with van der Waals surface area (Å²) in [5, 5.41) is 8.90. The number of benzene rings is 1. The van der Waals surface area contributed by atoms with Crippen LogP contribution in [0.5, 0.6) is 0 Å². The minimum absolute atomic E-state index is 0.0512. The van der Waals surface area contributed by atoms with Crippen LogP contribution >= 0.6 is 15.9 Å². The van der Waals surface area contributed by atoms with E-state index in [9.17, 15) is 9.59 Å². The Morgan fingerprint density at radius 1 is 1.30 bits per heavy atom. The van der Waals surface area contributed by atoms with Crippen molar-refractivity contribution in [2.45, 2.75) is 31.7 Å². The summed E-state index contributed by atoms with van der Waals surface area (Å²) < 4.78 is 0.960. The highest BCUT2D eigenvalue weighted by molar-refractivity contribution is 9.10. The van der Waals surface area contributed by atoms with Crippen molar-refractivity contribution in [3.05, 3.63) is 34.3 Å². The number of halogens is 1. The predicted molar refractivity (Wildman–Crippen MR) is 92.3 cm³/mol. The van der Waals surface area contributed by atoms with Gasteiger partial charge in [-0.25, -0.2) is 0 Å². The van der Waals surface area contributed by atoms with Gasteiger partial charge in [-0.05, 0) is 37.9 Å². The van der Waals surface area contributed by atoms with Crippen molar-refractivity contribution >= 4 is 27.8 Å². The Morgan fingerprint density at radius 3 is 2.74 bits per heavy atom. The van der Waals surface area contributed by atoms with Crippen LogP contribution in [0.3, 0.4) is 0 Å². The number of likely N-dealkylation sites (tertiary alicyclic amines) is 1. The molecule has 0 saturated carbocycles. The van der Waals surface area contributed by atoms with Gasteiger partial charge in [0.25, 0.3) is 0 Å². The molecule has 23 heavy (non-hydrogen) atoms. The number of rotatable bonds is 5. The quantitative estimate of drug-likeness (QED) is 0.848. The van der Waals surface area contributed by atoms with Crippen LogP contribution in [0, 0.1) is 0 Å². The first-order valence-electron chi connectivity index (χ1n) is 7.90. The summed E-state index contributed by atoms with van der Waals surface area (Å²) in [7, 11) is 1.84. The zero-order valence-electron chi connectivity index (χ0n) is 13.4. The number of nitrogens with zero attached hydrogens (tertiary/aromatic N) is 2. The van der Waals surface area contributed by atoms with Crippen LogP contribution in [-0.2, 0) is 16.0 Å². The second-order valence-electron chi connectivity index (χ2n) is 6.04. The van der Waals surface area contributed by atoms with Crippen molar-refractivity contribution in [1.29, 1.82) is 0 Å². The number of hydrogen-bond donors (Lipinski definition) is 1. The van der Waals surface area contributed by atoms with Crippen LogP contribution in [0.15, 0.2) is 28.7 Å². The number of carboxylic acid groups (broad SMARTS) is 1. The molecular weight excluding hydrogens is 360 g/mol. The van der Waals surface area contributed by atoms with E-state index in [0.717, 1.165) is 35.8 Å². The predicted octanol–water partition coefficient (Wildman–Crippen LogP) is 2.39. The van der Waals surface area contributed by atoms with Crippen LogP contribution < -0.4 is 0 Å². The lowest BCUT2D eigenvalue weighted by Gasteiger charge is -2.25. The van der Waals surface area contributed by atoms with E-state index in [1.807, 2.05) is 41.1 Å². The van der Waals surface area contributed by atoms with Gasteiger partial charge in [-0.15, -0.1) is 0 Å². The third-order valence-electron chi connectivity index (χ3n) is 4.36. The van der Waals surface area contributed by atoms with Crippen molar-refractivity contribution in [3.63, 3.8) is 0 Å². The van der Waals surface area contributed by atoms with E-state index in [1.165, 1.54) is 0 Å². The van der Waals surface area contributed by atoms with Gasteiger partial charge in [-0.2, -0.15) is 0 Å². The molecule has 126 valence electrons. The first-order chi connectivity index (χ1) is 11.0.